The summed E-state index contributed by atoms with van der Waals surface area (Å²) >= 11 is 0. The summed E-state index contributed by atoms with van der Waals surface area (Å²) in [5, 5.41) is 8.83. The van der Waals surface area contributed by atoms with Crippen LogP contribution >= 0.6 is 0 Å². The summed E-state index contributed by atoms with van der Waals surface area (Å²) in [5.41, 5.74) is 0. The SMILES string of the molecule is CCC(CC)N(CCN(C)C)CC(=O)O. The minimum atomic E-state index is -0.736. The molecule has 0 aromatic rings. The molecule has 4 heteroatoms. The highest BCUT2D eigenvalue weighted by atomic mass is 16.4. The topological polar surface area (TPSA) is 43.8 Å². The number of carbonyl (C=O) groups is 1. The first kappa shape index (κ1) is 14.4. The van der Waals surface area contributed by atoms with Gasteiger partial charge in [0.1, 0.15) is 0 Å². The van der Waals surface area contributed by atoms with Crippen molar-refractivity contribution in [2.24, 2.45) is 0 Å². The molecular weight excluding hydrogens is 192 g/mol. The molecular formula is C11H24N2O2. The van der Waals surface area contributed by atoms with E-state index >= 15 is 0 Å². The lowest BCUT2D eigenvalue weighted by atomic mass is 10.1. The second-order valence-electron chi connectivity index (χ2n) is 4.14. The average molecular weight is 216 g/mol. The molecule has 0 rings (SSSR count). The Morgan fingerprint density at radius 1 is 1.20 bits per heavy atom. The van der Waals surface area contributed by atoms with Gasteiger partial charge in [-0.25, -0.2) is 0 Å². The summed E-state index contributed by atoms with van der Waals surface area (Å²) in [4.78, 5) is 14.9. The third-order valence-electron chi connectivity index (χ3n) is 2.63. The molecule has 0 amide bonds. The zero-order valence-electron chi connectivity index (χ0n) is 10.4. The molecule has 0 saturated carbocycles. The number of carboxylic acids is 1. The van der Waals surface area contributed by atoms with Crippen molar-refractivity contribution in [3.05, 3.63) is 0 Å². The van der Waals surface area contributed by atoms with E-state index in [-0.39, 0.29) is 6.54 Å². The van der Waals surface area contributed by atoms with Crippen molar-refractivity contribution < 1.29 is 9.90 Å². The van der Waals surface area contributed by atoms with Crippen LogP contribution in [0.5, 0.6) is 0 Å². The molecule has 0 aromatic heterocycles. The van der Waals surface area contributed by atoms with E-state index in [1.165, 1.54) is 0 Å². The monoisotopic (exact) mass is 216 g/mol. The van der Waals surface area contributed by atoms with Crippen LogP contribution in [-0.4, -0.2) is 60.6 Å². The van der Waals surface area contributed by atoms with E-state index in [0.29, 0.717) is 6.04 Å². The maximum atomic E-state index is 10.7. The Labute approximate surface area is 92.9 Å². The van der Waals surface area contributed by atoms with Crippen molar-refractivity contribution in [2.75, 3.05) is 33.7 Å². The minimum Gasteiger partial charge on any atom is -0.480 e. The van der Waals surface area contributed by atoms with Crippen LogP contribution in [0.4, 0.5) is 0 Å². The average Bonchev–Trinajstić information content (AvgIpc) is 2.14. The lowest BCUT2D eigenvalue weighted by Crippen LogP contribution is -2.42. The number of nitrogens with zero attached hydrogens (tertiary/aromatic N) is 2. The maximum Gasteiger partial charge on any atom is 0.317 e. The smallest absolute Gasteiger partial charge is 0.317 e. The van der Waals surface area contributed by atoms with Gasteiger partial charge in [0.25, 0.3) is 0 Å². The highest BCUT2D eigenvalue weighted by Crippen LogP contribution is 2.07. The Kier molecular flexibility index (Phi) is 7.34. The van der Waals surface area contributed by atoms with Gasteiger partial charge in [0.05, 0.1) is 6.54 Å². The molecule has 90 valence electrons. The molecule has 0 aliphatic rings. The normalized spacial score (nSPS) is 11.7. The first-order chi connectivity index (χ1) is 7.01. The second kappa shape index (κ2) is 7.65. The van der Waals surface area contributed by atoms with Crippen molar-refractivity contribution in [1.82, 2.24) is 9.80 Å². The molecule has 0 aliphatic heterocycles. The van der Waals surface area contributed by atoms with E-state index in [9.17, 15) is 4.79 Å². The van der Waals surface area contributed by atoms with E-state index in [0.717, 1.165) is 25.9 Å². The van der Waals surface area contributed by atoms with E-state index in [1.807, 2.05) is 14.1 Å². The van der Waals surface area contributed by atoms with Crippen molar-refractivity contribution in [2.45, 2.75) is 32.7 Å². The summed E-state index contributed by atoms with van der Waals surface area (Å²) < 4.78 is 0. The first-order valence-corrected chi connectivity index (χ1v) is 5.61. The van der Waals surface area contributed by atoms with Gasteiger partial charge in [-0.3, -0.25) is 9.69 Å². The molecule has 0 heterocycles. The molecule has 0 radical (unpaired) electrons. The van der Waals surface area contributed by atoms with E-state index in [1.54, 1.807) is 0 Å². The summed E-state index contributed by atoms with van der Waals surface area (Å²) in [5.74, 6) is -0.736. The van der Waals surface area contributed by atoms with Crippen molar-refractivity contribution in [3.8, 4) is 0 Å². The van der Waals surface area contributed by atoms with Gasteiger partial charge in [-0.15, -0.1) is 0 Å². The quantitative estimate of drug-likeness (QED) is 0.660. The maximum absolute atomic E-state index is 10.7. The zero-order chi connectivity index (χ0) is 11.8. The van der Waals surface area contributed by atoms with Crippen LogP contribution in [0.1, 0.15) is 26.7 Å². The van der Waals surface area contributed by atoms with Crippen LogP contribution in [-0.2, 0) is 4.79 Å². The lowest BCUT2D eigenvalue weighted by molar-refractivity contribution is -0.139. The third-order valence-corrected chi connectivity index (χ3v) is 2.63. The number of carboxylic acid groups (broad SMARTS) is 1. The molecule has 1 N–H and O–H groups in total. The molecule has 0 fully saturated rings. The van der Waals surface area contributed by atoms with Gasteiger partial charge in [0.2, 0.25) is 0 Å². The van der Waals surface area contributed by atoms with Crippen LogP contribution in [0.3, 0.4) is 0 Å². The van der Waals surface area contributed by atoms with Crippen LogP contribution in [0, 0.1) is 0 Å². The van der Waals surface area contributed by atoms with Crippen molar-refractivity contribution >= 4 is 5.97 Å². The fraction of sp³-hybridized carbons (Fsp3) is 0.909. The fourth-order valence-corrected chi connectivity index (χ4v) is 1.70. The predicted molar refractivity (Wildman–Crippen MR) is 62.1 cm³/mol. The Morgan fingerprint density at radius 2 is 1.73 bits per heavy atom. The van der Waals surface area contributed by atoms with Gasteiger partial charge in [-0.1, -0.05) is 13.8 Å². The van der Waals surface area contributed by atoms with Crippen LogP contribution < -0.4 is 0 Å². The molecule has 0 saturated heterocycles. The van der Waals surface area contributed by atoms with Crippen molar-refractivity contribution in [3.63, 3.8) is 0 Å². The summed E-state index contributed by atoms with van der Waals surface area (Å²) in [6.45, 7) is 6.10. The van der Waals surface area contributed by atoms with E-state index in [2.05, 4.69) is 23.6 Å². The fourth-order valence-electron chi connectivity index (χ4n) is 1.70. The van der Waals surface area contributed by atoms with Gasteiger partial charge in [-0.05, 0) is 26.9 Å². The number of rotatable bonds is 8. The van der Waals surface area contributed by atoms with E-state index < -0.39 is 5.97 Å². The molecule has 0 bridgehead atoms. The highest BCUT2D eigenvalue weighted by molar-refractivity contribution is 5.69. The van der Waals surface area contributed by atoms with Gasteiger partial charge in [-0.2, -0.15) is 0 Å². The molecule has 4 nitrogen and oxygen atoms in total. The highest BCUT2D eigenvalue weighted by Gasteiger charge is 2.17. The number of likely N-dealkylation sites (N-methyl/N-ethyl adjacent to an activating group) is 1. The largest absolute Gasteiger partial charge is 0.480 e. The Balaban J connectivity index is 4.21. The molecule has 0 atom stereocenters. The zero-order valence-corrected chi connectivity index (χ0v) is 10.4. The Hall–Kier alpha value is -0.610. The molecule has 0 spiro atoms. The minimum absolute atomic E-state index is 0.153. The molecule has 15 heavy (non-hydrogen) atoms. The Bertz CT molecular complexity index is 179. The summed E-state index contributed by atoms with van der Waals surface area (Å²) in [6.07, 6.45) is 2.02. The Morgan fingerprint density at radius 3 is 2.07 bits per heavy atom. The van der Waals surface area contributed by atoms with E-state index in [4.69, 9.17) is 5.11 Å². The van der Waals surface area contributed by atoms with Crippen LogP contribution in [0.2, 0.25) is 0 Å². The number of hydrogen-bond acceptors (Lipinski definition) is 3. The van der Waals surface area contributed by atoms with Gasteiger partial charge < -0.3 is 10.0 Å². The standard InChI is InChI=1S/C11H24N2O2/c1-5-10(6-2)13(9-11(14)15)8-7-12(3)4/h10H,5-9H2,1-4H3,(H,14,15). The van der Waals surface area contributed by atoms with Gasteiger partial charge in [0.15, 0.2) is 0 Å². The molecule has 0 aliphatic carbocycles. The summed E-state index contributed by atoms with van der Waals surface area (Å²) in [7, 11) is 4.01. The second-order valence-corrected chi connectivity index (χ2v) is 4.14. The van der Waals surface area contributed by atoms with Crippen LogP contribution in [0.25, 0.3) is 0 Å². The van der Waals surface area contributed by atoms with Gasteiger partial charge >= 0.3 is 5.97 Å². The summed E-state index contributed by atoms with van der Waals surface area (Å²) in [6, 6.07) is 0.390. The predicted octanol–water partition coefficient (Wildman–Crippen LogP) is 1.12. The van der Waals surface area contributed by atoms with Gasteiger partial charge in [0, 0.05) is 19.1 Å². The number of hydrogen-bond donors (Lipinski definition) is 1. The molecule has 0 unspecified atom stereocenters. The molecule has 0 aromatic carbocycles. The van der Waals surface area contributed by atoms with Crippen LogP contribution in [0.15, 0.2) is 0 Å². The third kappa shape index (κ3) is 6.47. The number of aliphatic carboxylic acids is 1. The first-order valence-electron chi connectivity index (χ1n) is 5.61. The lowest BCUT2D eigenvalue weighted by Gasteiger charge is -2.29. The van der Waals surface area contributed by atoms with Crippen molar-refractivity contribution in [1.29, 1.82) is 0 Å².